The Morgan fingerprint density at radius 2 is 2.03 bits per heavy atom. The molecule has 6 atom stereocenters. The van der Waals surface area contributed by atoms with Crippen molar-refractivity contribution in [3.05, 3.63) is 12.7 Å². The number of carbonyl (C=O) groups is 2. The van der Waals surface area contributed by atoms with E-state index in [2.05, 4.69) is 24.8 Å². The SMILES string of the molecule is C[C@@H](O)[C@H](N)C(=O)Nc1ncnc2c1ncn2[C@]1(C(N)=O)O[C@H](COP(=O)(O)O)[C@@H](O)[C@H]1O. The molecule has 1 aliphatic heterocycles. The topological polar surface area (TPSA) is 278 Å². The Balaban J connectivity index is 2.02. The lowest BCUT2D eigenvalue weighted by Crippen LogP contribution is -2.54. The molecule has 0 saturated carbocycles. The third-order valence-electron chi connectivity index (χ3n) is 4.95. The fraction of sp³-hybridized carbons (Fsp3) is 0.533. The van der Waals surface area contributed by atoms with Crippen molar-refractivity contribution in [3.63, 3.8) is 0 Å². The van der Waals surface area contributed by atoms with Crippen LogP contribution in [-0.4, -0.2) is 93.5 Å². The molecule has 0 unspecified atom stereocenters. The maximum atomic E-state index is 12.4. The Morgan fingerprint density at radius 3 is 2.61 bits per heavy atom. The summed E-state index contributed by atoms with van der Waals surface area (Å²) < 4.78 is 21.6. The van der Waals surface area contributed by atoms with E-state index in [4.69, 9.17) is 26.0 Å². The Kier molecular flexibility index (Phi) is 6.81. The predicted octanol–water partition coefficient (Wildman–Crippen LogP) is -4.16. The first kappa shape index (κ1) is 25.0. The summed E-state index contributed by atoms with van der Waals surface area (Å²) in [6.45, 7) is 0.416. The molecule has 0 spiro atoms. The van der Waals surface area contributed by atoms with Crippen molar-refractivity contribution < 1.29 is 48.5 Å². The van der Waals surface area contributed by atoms with Crippen LogP contribution >= 0.6 is 7.82 Å². The van der Waals surface area contributed by atoms with E-state index in [1.165, 1.54) is 6.92 Å². The first-order valence-corrected chi connectivity index (χ1v) is 10.8. The zero-order valence-electron chi connectivity index (χ0n) is 16.9. The molecule has 1 aliphatic rings. The van der Waals surface area contributed by atoms with E-state index in [0.29, 0.717) is 0 Å². The van der Waals surface area contributed by atoms with Gasteiger partial charge in [-0.1, -0.05) is 0 Å². The molecule has 3 rings (SSSR count). The van der Waals surface area contributed by atoms with Gasteiger partial charge in [0.05, 0.1) is 12.7 Å². The molecular weight excluding hydrogens is 469 g/mol. The Labute approximate surface area is 184 Å². The van der Waals surface area contributed by atoms with Crippen molar-refractivity contribution in [1.82, 2.24) is 19.5 Å². The molecule has 0 aliphatic carbocycles. The quantitative estimate of drug-likeness (QED) is 0.163. The number of nitrogens with zero attached hydrogens (tertiary/aromatic N) is 4. The molecule has 0 radical (unpaired) electrons. The standard InChI is InChI=1S/C15H22N7O10P/c1-5(23)7(16)13(26)21-11-8-12(19-3-18-11)22(4-20-8)15(14(17)27)10(25)9(24)6(32-15)2-31-33(28,29)30/h3-7,9-10,23-25H,2,16H2,1H3,(H2,17,27)(H2,28,29,30)(H,18,19,21,26)/t5-,6-,7+,9-,10-,15+/m1/s1. The van der Waals surface area contributed by atoms with Crippen LogP contribution < -0.4 is 16.8 Å². The first-order chi connectivity index (χ1) is 15.3. The van der Waals surface area contributed by atoms with E-state index >= 15 is 0 Å². The predicted molar refractivity (Wildman–Crippen MR) is 106 cm³/mol. The molecule has 18 heteroatoms. The molecule has 1 fully saturated rings. The third kappa shape index (κ3) is 4.58. The highest BCUT2D eigenvalue weighted by molar-refractivity contribution is 7.46. The molecule has 182 valence electrons. The summed E-state index contributed by atoms with van der Waals surface area (Å²) in [5.74, 6) is -2.26. The van der Waals surface area contributed by atoms with Crippen LogP contribution in [-0.2, 0) is 29.1 Å². The monoisotopic (exact) mass is 491 g/mol. The Bertz CT molecular complexity index is 1110. The summed E-state index contributed by atoms with van der Waals surface area (Å²) in [4.78, 5) is 54.2. The van der Waals surface area contributed by atoms with Gasteiger partial charge in [-0.2, -0.15) is 0 Å². The Hall–Kier alpha value is -2.60. The van der Waals surface area contributed by atoms with Crippen molar-refractivity contribution in [2.75, 3.05) is 11.9 Å². The highest BCUT2D eigenvalue weighted by Gasteiger charge is 2.60. The zero-order valence-corrected chi connectivity index (χ0v) is 17.8. The number of imidazole rings is 1. The number of nitrogens with one attached hydrogen (secondary N) is 1. The van der Waals surface area contributed by atoms with Crippen LogP contribution in [0.1, 0.15) is 6.92 Å². The number of anilines is 1. The first-order valence-electron chi connectivity index (χ1n) is 9.26. The van der Waals surface area contributed by atoms with Gasteiger partial charge in [-0.05, 0) is 6.92 Å². The van der Waals surface area contributed by atoms with Gasteiger partial charge in [0.2, 0.25) is 5.91 Å². The number of phosphoric ester groups is 1. The molecule has 2 aromatic heterocycles. The zero-order chi connectivity index (χ0) is 24.7. The van der Waals surface area contributed by atoms with Gasteiger partial charge < -0.3 is 46.6 Å². The molecule has 3 heterocycles. The summed E-state index contributed by atoms with van der Waals surface area (Å²) in [7, 11) is -4.96. The van der Waals surface area contributed by atoms with Crippen molar-refractivity contribution in [3.8, 4) is 0 Å². The number of hydrogen-bond acceptors (Lipinski definition) is 12. The van der Waals surface area contributed by atoms with Crippen LogP contribution in [0.2, 0.25) is 0 Å². The highest BCUT2D eigenvalue weighted by Crippen LogP contribution is 2.41. The normalized spacial score (nSPS) is 27.4. The lowest BCUT2D eigenvalue weighted by molar-refractivity contribution is -0.172. The number of fused-ring (bicyclic) bond motifs is 1. The fourth-order valence-corrected chi connectivity index (χ4v) is 3.56. The van der Waals surface area contributed by atoms with E-state index in [-0.39, 0.29) is 17.0 Å². The minimum Gasteiger partial charge on any atom is -0.391 e. The Morgan fingerprint density at radius 1 is 1.36 bits per heavy atom. The maximum Gasteiger partial charge on any atom is 0.469 e. The van der Waals surface area contributed by atoms with Crippen LogP contribution in [0.15, 0.2) is 12.7 Å². The number of ether oxygens (including phenoxy) is 1. The molecule has 10 N–H and O–H groups in total. The van der Waals surface area contributed by atoms with Crippen LogP contribution in [0.5, 0.6) is 0 Å². The number of amides is 2. The summed E-state index contributed by atoms with van der Waals surface area (Å²) in [5, 5.41) is 32.8. The molecule has 0 aromatic carbocycles. The van der Waals surface area contributed by atoms with Gasteiger partial charge in [0.1, 0.15) is 37.0 Å². The summed E-state index contributed by atoms with van der Waals surface area (Å²) in [6.07, 6.45) is -4.70. The lowest BCUT2D eigenvalue weighted by Gasteiger charge is -2.30. The number of aliphatic hydroxyl groups excluding tert-OH is 3. The van der Waals surface area contributed by atoms with Crippen molar-refractivity contribution in [1.29, 1.82) is 0 Å². The van der Waals surface area contributed by atoms with Gasteiger partial charge in [0.25, 0.3) is 11.6 Å². The van der Waals surface area contributed by atoms with Crippen molar-refractivity contribution in [2.24, 2.45) is 11.5 Å². The summed E-state index contributed by atoms with van der Waals surface area (Å²) >= 11 is 0. The number of aliphatic hydroxyl groups is 3. The molecule has 0 bridgehead atoms. The second-order valence-corrected chi connectivity index (χ2v) is 8.44. The maximum absolute atomic E-state index is 12.4. The minimum atomic E-state index is -4.96. The van der Waals surface area contributed by atoms with Gasteiger partial charge in [-0.15, -0.1) is 0 Å². The van der Waals surface area contributed by atoms with Crippen LogP contribution in [0.25, 0.3) is 11.2 Å². The molecule has 2 aromatic rings. The molecule has 1 saturated heterocycles. The van der Waals surface area contributed by atoms with E-state index < -0.39 is 62.4 Å². The highest BCUT2D eigenvalue weighted by atomic mass is 31.2. The second-order valence-electron chi connectivity index (χ2n) is 7.20. The van der Waals surface area contributed by atoms with Gasteiger partial charge >= 0.3 is 7.82 Å². The molecule has 17 nitrogen and oxygen atoms in total. The largest absolute Gasteiger partial charge is 0.469 e. The smallest absolute Gasteiger partial charge is 0.391 e. The number of carbonyl (C=O) groups excluding carboxylic acids is 2. The average molecular weight is 491 g/mol. The molecule has 2 amide bonds. The van der Waals surface area contributed by atoms with E-state index in [9.17, 15) is 29.5 Å². The molecular formula is C15H22N7O10P. The van der Waals surface area contributed by atoms with Gasteiger partial charge in [0.15, 0.2) is 17.0 Å². The van der Waals surface area contributed by atoms with Crippen molar-refractivity contribution >= 4 is 36.6 Å². The minimum absolute atomic E-state index is 0.0931. The molecule has 33 heavy (non-hydrogen) atoms. The van der Waals surface area contributed by atoms with E-state index in [1.807, 2.05) is 0 Å². The van der Waals surface area contributed by atoms with Gasteiger partial charge in [0, 0.05) is 0 Å². The summed E-state index contributed by atoms with van der Waals surface area (Å²) in [5.41, 5.74) is 8.27. The van der Waals surface area contributed by atoms with Crippen LogP contribution in [0.3, 0.4) is 0 Å². The summed E-state index contributed by atoms with van der Waals surface area (Å²) in [6, 6.07) is -1.29. The van der Waals surface area contributed by atoms with Crippen LogP contribution in [0.4, 0.5) is 5.82 Å². The van der Waals surface area contributed by atoms with Crippen molar-refractivity contribution in [2.45, 2.75) is 43.1 Å². The van der Waals surface area contributed by atoms with E-state index in [0.717, 1.165) is 17.2 Å². The number of aromatic nitrogens is 4. The number of phosphoric acid groups is 1. The average Bonchev–Trinajstić information content (AvgIpc) is 3.26. The van der Waals surface area contributed by atoms with E-state index in [1.54, 1.807) is 0 Å². The third-order valence-corrected chi connectivity index (χ3v) is 5.44. The fourth-order valence-electron chi connectivity index (χ4n) is 3.22. The number of rotatable bonds is 8. The van der Waals surface area contributed by atoms with Gasteiger partial charge in [-0.25, -0.2) is 19.5 Å². The number of primary amides is 1. The number of hydrogen-bond donors (Lipinski definition) is 8. The van der Waals surface area contributed by atoms with Gasteiger partial charge in [-0.3, -0.25) is 18.7 Å². The second kappa shape index (κ2) is 8.98. The number of nitrogens with two attached hydrogens (primary N) is 2. The van der Waals surface area contributed by atoms with Crippen LogP contribution in [0, 0.1) is 0 Å². The lowest BCUT2D eigenvalue weighted by atomic mass is 10.0.